The van der Waals surface area contributed by atoms with Crippen molar-refractivity contribution < 1.29 is 18.7 Å². The molecule has 4 rings (SSSR count). The van der Waals surface area contributed by atoms with Gasteiger partial charge in [-0.15, -0.1) is 11.3 Å². The van der Waals surface area contributed by atoms with Crippen LogP contribution in [0.1, 0.15) is 29.8 Å². The first-order valence-electron chi connectivity index (χ1n) is 11.3. The van der Waals surface area contributed by atoms with E-state index in [4.69, 9.17) is 9.47 Å². The lowest BCUT2D eigenvalue weighted by Crippen LogP contribution is -2.49. The molecular formula is C26H33FN2O3S. The smallest absolute Gasteiger partial charge is 0.196 e. The molecule has 0 atom stereocenters. The number of carbonyl (C=O) groups excluding carboxylic acids is 1. The van der Waals surface area contributed by atoms with Gasteiger partial charge in [0.25, 0.3) is 0 Å². The Bertz CT molecular complexity index is 1060. The van der Waals surface area contributed by atoms with Gasteiger partial charge in [0.1, 0.15) is 23.1 Å². The van der Waals surface area contributed by atoms with E-state index in [9.17, 15) is 9.18 Å². The number of hydrogen-bond donors (Lipinski definition) is 0. The largest absolute Gasteiger partial charge is 0.497 e. The van der Waals surface area contributed by atoms with Crippen LogP contribution in [0.2, 0.25) is 0 Å². The predicted octanol–water partition coefficient (Wildman–Crippen LogP) is 5.51. The minimum Gasteiger partial charge on any atom is -0.497 e. The van der Waals surface area contributed by atoms with Crippen molar-refractivity contribution in [3.8, 4) is 11.5 Å². The van der Waals surface area contributed by atoms with E-state index in [0.717, 1.165) is 46.2 Å². The first-order chi connectivity index (χ1) is 16.0. The molecule has 1 saturated heterocycles. The molecule has 1 aliphatic heterocycles. The van der Waals surface area contributed by atoms with E-state index < -0.39 is 0 Å². The van der Waals surface area contributed by atoms with Gasteiger partial charge in [-0.2, -0.15) is 0 Å². The monoisotopic (exact) mass is 472 g/mol. The van der Waals surface area contributed by atoms with Gasteiger partial charge in [-0.05, 0) is 42.5 Å². The number of ketones is 1. The van der Waals surface area contributed by atoms with Gasteiger partial charge in [0, 0.05) is 55.3 Å². The summed E-state index contributed by atoms with van der Waals surface area (Å²) in [4.78, 5) is 17.6. The van der Waals surface area contributed by atoms with Crippen molar-refractivity contribution in [1.82, 2.24) is 4.90 Å². The molecule has 178 valence electrons. The van der Waals surface area contributed by atoms with Gasteiger partial charge in [-0.1, -0.05) is 13.8 Å². The Kier molecular flexibility index (Phi) is 8.69. The van der Waals surface area contributed by atoms with E-state index in [1.54, 1.807) is 18.4 Å². The number of thiophene rings is 1. The molecule has 5 nitrogen and oxygen atoms in total. The van der Waals surface area contributed by atoms with Crippen LogP contribution in [0.4, 0.5) is 9.39 Å². The Labute approximate surface area is 199 Å². The molecule has 33 heavy (non-hydrogen) atoms. The highest BCUT2D eigenvalue weighted by molar-refractivity contribution is 7.23. The number of ether oxygens (including phenoxy) is 2. The molecule has 1 fully saturated rings. The highest BCUT2D eigenvalue weighted by Gasteiger charge is 2.26. The van der Waals surface area contributed by atoms with Crippen molar-refractivity contribution in [2.24, 2.45) is 5.92 Å². The highest BCUT2D eigenvalue weighted by Crippen LogP contribution is 2.40. The van der Waals surface area contributed by atoms with E-state index in [1.165, 1.54) is 0 Å². The number of likely N-dealkylation sites (tertiary alicyclic amines) is 1. The molecule has 7 heteroatoms. The molecule has 1 aromatic heterocycles. The summed E-state index contributed by atoms with van der Waals surface area (Å²) in [5.41, 5.74) is 1.33. The first-order valence-corrected chi connectivity index (χ1v) is 12.2. The van der Waals surface area contributed by atoms with Gasteiger partial charge < -0.3 is 14.4 Å². The average Bonchev–Trinajstić information content (AvgIpc) is 3.20. The fourth-order valence-corrected chi connectivity index (χ4v) is 4.97. The summed E-state index contributed by atoms with van der Waals surface area (Å²) < 4.78 is 24.7. The van der Waals surface area contributed by atoms with Crippen LogP contribution in [-0.4, -0.2) is 64.8 Å². The summed E-state index contributed by atoms with van der Waals surface area (Å²) in [5, 5.41) is 1.86. The number of anilines is 1. The number of benzene rings is 2. The molecule has 0 spiro atoms. The number of alkyl halides is 1. The van der Waals surface area contributed by atoms with Crippen molar-refractivity contribution in [2.45, 2.75) is 13.8 Å². The highest BCUT2D eigenvalue weighted by atomic mass is 32.1. The van der Waals surface area contributed by atoms with Crippen molar-refractivity contribution in [3.63, 3.8) is 0 Å². The maximum atomic E-state index is 13.4. The first kappa shape index (κ1) is 25.0. The van der Waals surface area contributed by atoms with Gasteiger partial charge in [-0.3, -0.25) is 14.1 Å². The van der Waals surface area contributed by atoms with E-state index in [-0.39, 0.29) is 18.4 Å². The third-order valence-corrected chi connectivity index (χ3v) is 6.88. The SMILES string of the molecule is CC.COc1ccc2c(C(=O)c3ccc(OCCN4CC(CF)C4)cc3)c(N(C)C)sc2c1. The molecule has 0 N–H and O–H groups in total. The lowest BCUT2D eigenvalue weighted by molar-refractivity contribution is 0.0668. The third kappa shape index (κ3) is 5.65. The van der Waals surface area contributed by atoms with Crippen molar-refractivity contribution in [2.75, 3.05) is 59.0 Å². The van der Waals surface area contributed by atoms with Crippen LogP contribution in [0.5, 0.6) is 11.5 Å². The molecule has 0 saturated carbocycles. The van der Waals surface area contributed by atoms with Crippen molar-refractivity contribution >= 4 is 32.2 Å². The molecular weight excluding hydrogens is 439 g/mol. The maximum absolute atomic E-state index is 13.4. The Hall–Kier alpha value is -2.64. The summed E-state index contributed by atoms with van der Waals surface area (Å²) in [7, 11) is 5.54. The van der Waals surface area contributed by atoms with Crippen molar-refractivity contribution in [1.29, 1.82) is 0 Å². The average molecular weight is 473 g/mol. The molecule has 1 aliphatic rings. The molecule has 2 heterocycles. The molecule has 0 unspecified atom stereocenters. The standard InChI is InChI=1S/C24H27FN2O3S.C2H6/c1-26(2)24-22(20-9-8-19(29-3)12-21(20)31-24)23(28)17-4-6-18(7-5-17)30-11-10-27-14-16(13-25)15-27;1-2/h4-9,12,16H,10-11,13-15H2,1-3H3;1-2H3. The zero-order valence-electron chi connectivity index (χ0n) is 20.1. The van der Waals surface area contributed by atoms with Crippen LogP contribution in [0, 0.1) is 5.92 Å². The lowest BCUT2D eigenvalue weighted by atomic mass is 10.0. The zero-order chi connectivity index (χ0) is 24.0. The van der Waals surface area contributed by atoms with E-state index in [1.807, 2.05) is 75.3 Å². The second kappa shape index (κ2) is 11.5. The Balaban J connectivity index is 0.00000149. The summed E-state index contributed by atoms with van der Waals surface area (Å²) in [5.74, 6) is 1.68. The molecule has 2 aromatic carbocycles. The number of carbonyl (C=O) groups is 1. The second-order valence-corrected chi connectivity index (χ2v) is 9.05. The fourth-order valence-electron chi connectivity index (χ4n) is 3.82. The third-order valence-electron chi connectivity index (χ3n) is 5.56. The van der Waals surface area contributed by atoms with Gasteiger partial charge in [0.05, 0.1) is 19.3 Å². The summed E-state index contributed by atoms with van der Waals surface area (Å²) in [6.45, 7) is 6.71. The normalized spacial score (nSPS) is 13.8. The summed E-state index contributed by atoms with van der Waals surface area (Å²) in [6, 6.07) is 13.1. The Morgan fingerprint density at radius 3 is 2.39 bits per heavy atom. The second-order valence-electron chi connectivity index (χ2n) is 8.02. The Morgan fingerprint density at radius 1 is 1.12 bits per heavy atom. The van der Waals surface area contributed by atoms with Crippen LogP contribution >= 0.6 is 11.3 Å². The Morgan fingerprint density at radius 2 is 1.79 bits per heavy atom. The number of nitrogens with zero attached hydrogens (tertiary/aromatic N) is 2. The predicted molar refractivity (Wildman–Crippen MR) is 135 cm³/mol. The molecule has 0 bridgehead atoms. The minimum atomic E-state index is -0.241. The lowest BCUT2D eigenvalue weighted by Gasteiger charge is -2.37. The van der Waals surface area contributed by atoms with Crippen LogP contribution in [0.15, 0.2) is 42.5 Å². The number of methoxy groups -OCH3 is 1. The van der Waals surface area contributed by atoms with Gasteiger partial charge in [0.15, 0.2) is 5.78 Å². The van der Waals surface area contributed by atoms with E-state index >= 15 is 0 Å². The van der Waals surface area contributed by atoms with E-state index in [2.05, 4.69) is 4.90 Å². The molecule has 3 aromatic rings. The number of fused-ring (bicyclic) bond motifs is 1. The van der Waals surface area contributed by atoms with Crippen LogP contribution < -0.4 is 14.4 Å². The van der Waals surface area contributed by atoms with Gasteiger partial charge >= 0.3 is 0 Å². The molecule has 0 aliphatic carbocycles. The zero-order valence-corrected chi connectivity index (χ0v) is 20.9. The number of halogens is 1. The molecule has 0 radical (unpaired) electrons. The summed E-state index contributed by atoms with van der Waals surface area (Å²) >= 11 is 1.58. The van der Waals surface area contributed by atoms with Crippen molar-refractivity contribution in [3.05, 3.63) is 53.6 Å². The van der Waals surface area contributed by atoms with E-state index in [0.29, 0.717) is 17.7 Å². The van der Waals surface area contributed by atoms with Crippen LogP contribution in [-0.2, 0) is 0 Å². The fraction of sp³-hybridized carbons (Fsp3) is 0.423. The topological polar surface area (TPSA) is 42.0 Å². The molecule has 0 amide bonds. The number of hydrogen-bond acceptors (Lipinski definition) is 6. The maximum Gasteiger partial charge on any atom is 0.196 e. The van der Waals surface area contributed by atoms with Gasteiger partial charge in [-0.25, -0.2) is 0 Å². The van der Waals surface area contributed by atoms with Gasteiger partial charge in [0.2, 0.25) is 0 Å². The quantitative estimate of drug-likeness (QED) is 0.384. The minimum absolute atomic E-state index is 0.00971. The number of rotatable bonds is 9. The summed E-state index contributed by atoms with van der Waals surface area (Å²) in [6.07, 6.45) is 0. The van der Waals surface area contributed by atoms with Crippen LogP contribution in [0.25, 0.3) is 10.1 Å². The van der Waals surface area contributed by atoms with Crippen LogP contribution in [0.3, 0.4) is 0 Å².